The van der Waals surface area contributed by atoms with E-state index in [0.29, 0.717) is 5.56 Å². The highest BCUT2D eigenvalue weighted by atomic mass is 14.7. The molecule has 0 N–H and O–H groups in total. The van der Waals surface area contributed by atoms with Gasteiger partial charge >= 0.3 is 0 Å². The van der Waals surface area contributed by atoms with Crippen molar-refractivity contribution in [1.29, 1.82) is 5.26 Å². The number of rotatable bonds is 0. The molecule has 2 aromatic rings. The molecule has 19 heavy (non-hydrogen) atoms. The highest BCUT2D eigenvalue weighted by Gasteiger charge is 1.92. The number of hydrogen-bond acceptors (Lipinski definition) is 2. The fourth-order valence-electron chi connectivity index (χ4n) is 1.42. The van der Waals surface area contributed by atoms with Gasteiger partial charge in [-0.25, -0.2) is 4.98 Å². The molecular formula is C17H16N2. The van der Waals surface area contributed by atoms with Gasteiger partial charge in [0.1, 0.15) is 5.69 Å². The Kier molecular flexibility index (Phi) is 5.86. The van der Waals surface area contributed by atoms with Gasteiger partial charge < -0.3 is 0 Å². The highest BCUT2D eigenvalue weighted by Crippen LogP contribution is 2.03. The summed E-state index contributed by atoms with van der Waals surface area (Å²) in [7, 11) is 0. The minimum Gasteiger partial charge on any atom is -0.245 e. The van der Waals surface area contributed by atoms with Gasteiger partial charge in [-0.1, -0.05) is 31.9 Å². The third kappa shape index (κ3) is 4.66. The predicted octanol–water partition coefficient (Wildman–Crippen LogP) is 3.69. The maximum absolute atomic E-state index is 8.77. The van der Waals surface area contributed by atoms with E-state index in [4.69, 9.17) is 5.26 Å². The maximum Gasteiger partial charge on any atom is 0.113 e. The monoisotopic (exact) mass is 248 g/mol. The summed E-state index contributed by atoms with van der Waals surface area (Å²) in [5.74, 6) is 5.98. The van der Waals surface area contributed by atoms with Gasteiger partial charge in [-0.2, -0.15) is 5.26 Å². The van der Waals surface area contributed by atoms with Gasteiger partial charge in [-0.3, -0.25) is 0 Å². The van der Waals surface area contributed by atoms with Crippen LogP contribution in [0.15, 0.2) is 42.5 Å². The molecule has 2 nitrogen and oxygen atoms in total. The number of nitriles is 1. The molecule has 0 atom stereocenters. The van der Waals surface area contributed by atoms with Gasteiger partial charge in [-0.05, 0) is 43.2 Å². The zero-order chi connectivity index (χ0) is 14.1. The van der Waals surface area contributed by atoms with Crippen LogP contribution in [-0.2, 0) is 0 Å². The average molecular weight is 248 g/mol. The second-order valence-corrected chi connectivity index (χ2v) is 3.61. The first-order valence-corrected chi connectivity index (χ1v) is 6.24. The largest absolute Gasteiger partial charge is 0.245 e. The number of aryl methyl sites for hydroxylation is 1. The minimum atomic E-state index is 0.619. The molecule has 2 heteroatoms. The molecule has 2 rings (SSSR count). The van der Waals surface area contributed by atoms with Gasteiger partial charge in [0.15, 0.2) is 0 Å². The standard InChI is InChI=1S/C15H10N2.C2H6/c1-12-4-2-7-15(17-12)9-8-13-5-3-6-14(10-13)11-16;1-2/h2-7,10H,1H3;1-2H3. The van der Waals surface area contributed by atoms with Crippen LogP contribution >= 0.6 is 0 Å². The maximum atomic E-state index is 8.77. The molecule has 0 radical (unpaired) electrons. The highest BCUT2D eigenvalue weighted by molar-refractivity contribution is 5.44. The summed E-state index contributed by atoms with van der Waals surface area (Å²) in [4.78, 5) is 4.29. The lowest BCUT2D eigenvalue weighted by molar-refractivity contribution is 1.18. The Bertz CT molecular complexity index is 640. The molecule has 0 unspecified atom stereocenters. The molecule has 0 spiro atoms. The van der Waals surface area contributed by atoms with Crippen molar-refractivity contribution < 1.29 is 0 Å². The molecule has 0 saturated heterocycles. The van der Waals surface area contributed by atoms with Crippen molar-refractivity contribution in [2.45, 2.75) is 20.8 Å². The van der Waals surface area contributed by atoms with Crippen molar-refractivity contribution in [1.82, 2.24) is 4.98 Å². The van der Waals surface area contributed by atoms with E-state index < -0.39 is 0 Å². The Morgan fingerprint density at radius 2 is 1.63 bits per heavy atom. The molecule has 0 bridgehead atoms. The van der Waals surface area contributed by atoms with Gasteiger partial charge in [0.25, 0.3) is 0 Å². The van der Waals surface area contributed by atoms with E-state index in [9.17, 15) is 0 Å². The summed E-state index contributed by atoms with van der Waals surface area (Å²) >= 11 is 0. The van der Waals surface area contributed by atoms with E-state index >= 15 is 0 Å². The van der Waals surface area contributed by atoms with E-state index in [0.717, 1.165) is 17.0 Å². The van der Waals surface area contributed by atoms with Crippen LogP contribution in [0.5, 0.6) is 0 Å². The molecule has 1 heterocycles. The molecule has 0 aliphatic carbocycles. The van der Waals surface area contributed by atoms with Crippen molar-refractivity contribution in [2.24, 2.45) is 0 Å². The molecule has 1 aromatic carbocycles. The number of pyridine rings is 1. The fourth-order valence-corrected chi connectivity index (χ4v) is 1.42. The summed E-state index contributed by atoms with van der Waals surface area (Å²) < 4.78 is 0. The predicted molar refractivity (Wildman–Crippen MR) is 77.5 cm³/mol. The molecule has 0 fully saturated rings. The zero-order valence-electron chi connectivity index (χ0n) is 11.4. The fraction of sp³-hybridized carbons (Fsp3) is 0.176. The van der Waals surface area contributed by atoms with Crippen LogP contribution < -0.4 is 0 Å². The third-order valence-electron chi connectivity index (χ3n) is 2.21. The van der Waals surface area contributed by atoms with Crippen molar-refractivity contribution >= 4 is 0 Å². The van der Waals surface area contributed by atoms with Crippen LogP contribution in [0, 0.1) is 30.1 Å². The second kappa shape index (κ2) is 7.69. The molecular weight excluding hydrogens is 232 g/mol. The molecule has 0 amide bonds. The Balaban J connectivity index is 0.000000861. The normalized spacial score (nSPS) is 8.32. The van der Waals surface area contributed by atoms with Crippen molar-refractivity contribution in [3.8, 4) is 17.9 Å². The summed E-state index contributed by atoms with van der Waals surface area (Å²) in [5.41, 5.74) is 3.14. The lowest BCUT2D eigenvalue weighted by atomic mass is 10.1. The van der Waals surface area contributed by atoms with E-state index in [1.165, 1.54) is 0 Å². The molecule has 0 aliphatic rings. The lowest BCUT2D eigenvalue weighted by Gasteiger charge is -1.92. The van der Waals surface area contributed by atoms with Crippen LogP contribution in [0.2, 0.25) is 0 Å². The Hall–Kier alpha value is -2.58. The van der Waals surface area contributed by atoms with Crippen molar-refractivity contribution in [3.63, 3.8) is 0 Å². The Morgan fingerprint density at radius 3 is 2.32 bits per heavy atom. The number of aromatic nitrogens is 1. The van der Waals surface area contributed by atoms with E-state index in [1.54, 1.807) is 12.1 Å². The smallest absolute Gasteiger partial charge is 0.113 e. The number of nitrogens with zero attached hydrogens (tertiary/aromatic N) is 2. The van der Waals surface area contributed by atoms with Gasteiger partial charge in [0.05, 0.1) is 11.6 Å². The first kappa shape index (κ1) is 14.5. The van der Waals surface area contributed by atoms with Crippen LogP contribution in [0.1, 0.15) is 36.4 Å². The van der Waals surface area contributed by atoms with Gasteiger partial charge in [0, 0.05) is 11.3 Å². The molecule has 1 aromatic heterocycles. The van der Waals surface area contributed by atoms with Crippen LogP contribution in [0.3, 0.4) is 0 Å². The first-order chi connectivity index (χ1) is 9.28. The van der Waals surface area contributed by atoms with E-state index in [2.05, 4.69) is 22.9 Å². The summed E-state index contributed by atoms with van der Waals surface area (Å²) in [6.07, 6.45) is 0. The second-order valence-electron chi connectivity index (χ2n) is 3.61. The quantitative estimate of drug-likeness (QED) is 0.667. The molecule has 0 aliphatic heterocycles. The minimum absolute atomic E-state index is 0.619. The van der Waals surface area contributed by atoms with E-state index in [-0.39, 0.29) is 0 Å². The number of benzene rings is 1. The molecule has 94 valence electrons. The first-order valence-electron chi connectivity index (χ1n) is 6.24. The summed E-state index contributed by atoms with van der Waals surface area (Å²) in [6, 6.07) is 15.1. The Labute approximate surface area is 114 Å². The van der Waals surface area contributed by atoms with Gasteiger partial charge in [-0.15, -0.1) is 0 Å². The summed E-state index contributed by atoms with van der Waals surface area (Å²) in [5, 5.41) is 8.77. The van der Waals surface area contributed by atoms with Gasteiger partial charge in [0.2, 0.25) is 0 Å². The van der Waals surface area contributed by atoms with Crippen LogP contribution in [0.25, 0.3) is 0 Å². The average Bonchev–Trinajstić information content (AvgIpc) is 2.47. The lowest BCUT2D eigenvalue weighted by Crippen LogP contribution is -1.85. The van der Waals surface area contributed by atoms with Crippen LogP contribution in [-0.4, -0.2) is 4.98 Å². The third-order valence-corrected chi connectivity index (χ3v) is 2.21. The van der Waals surface area contributed by atoms with Crippen molar-refractivity contribution in [3.05, 3.63) is 65.0 Å². The summed E-state index contributed by atoms with van der Waals surface area (Å²) in [6.45, 7) is 5.93. The van der Waals surface area contributed by atoms with E-state index in [1.807, 2.05) is 51.1 Å². The van der Waals surface area contributed by atoms with Crippen LogP contribution in [0.4, 0.5) is 0 Å². The zero-order valence-corrected chi connectivity index (χ0v) is 11.4. The molecule has 0 saturated carbocycles. The SMILES string of the molecule is CC.Cc1cccc(C#Cc2cccc(C#N)c2)n1. The number of hydrogen-bond donors (Lipinski definition) is 0. The topological polar surface area (TPSA) is 36.7 Å². The van der Waals surface area contributed by atoms with Crippen molar-refractivity contribution in [2.75, 3.05) is 0 Å². The Morgan fingerprint density at radius 1 is 0.947 bits per heavy atom.